The molecule has 1 aromatic heterocycles. The van der Waals surface area contributed by atoms with Gasteiger partial charge in [0.25, 0.3) is 0 Å². The van der Waals surface area contributed by atoms with Crippen molar-refractivity contribution in [2.45, 2.75) is 11.6 Å². The highest BCUT2D eigenvalue weighted by Gasteiger charge is 2.12. The van der Waals surface area contributed by atoms with Crippen molar-refractivity contribution in [3.8, 4) is 29.0 Å². The normalized spacial score (nSPS) is 10.4. The van der Waals surface area contributed by atoms with E-state index in [0.29, 0.717) is 29.8 Å². The first-order valence-corrected chi connectivity index (χ1v) is 9.26. The first kappa shape index (κ1) is 18.6. The van der Waals surface area contributed by atoms with E-state index in [4.69, 9.17) is 20.6 Å². The van der Waals surface area contributed by atoms with Crippen LogP contribution >= 0.6 is 11.8 Å². The lowest BCUT2D eigenvalue weighted by Crippen LogP contribution is -2.12. The van der Waals surface area contributed by atoms with Crippen LogP contribution in [0.2, 0.25) is 0 Å². The lowest BCUT2D eigenvalue weighted by atomic mass is 10.2. The molecule has 0 amide bonds. The van der Waals surface area contributed by atoms with Crippen molar-refractivity contribution in [2.75, 3.05) is 25.3 Å². The van der Waals surface area contributed by atoms with Crippen LogP contribution in [0.1, 0.15) is 5.56 Å². The van der Waals surface area contributed by atoms with E-state index in [1.807, 2.05) is 48.5 Å². The molecule has 7 nitrogen and oxygen atoms in total. The Hall–Kier alpha value is -3.18. The van der Waals surface area contributed by atoms with E-state index in [0.717, 1.165) is 22.6 Å². The first-order chi connectivity index (χ1) is 13.2. The Balaban J connectivity index is 1.52. The van der Waals surface area contributed by atoms with Crippen molar-refractivity contribution in [2.24, 2.45) is 0 Å². The maximum Gasteiger partial charge on any atom is 0.210 e. The van der Waals surface area contributed by atoms with E-state index in [9.17, 15) is 0 Å². The predicted molar refractivity (Wildman–Crippen MR) is 104 cm³/mol. The minimum Gasteiger partial charge on any atom is -0.497 e. The quantitative estimate of drug-likeness (QED) is 0.364. The number of aromatic nitrogens is 3. The number of thioether (sulfide) groups is 1. The Bertz CT molecular complexity index is 917. The minimum atomic E-state index is 0.402. The lowest BCUT2D eigenvalue weighted by Gasteiger charge is -2.07. The molecule has 2 aromatic carbocycles. The largest absolute Gasteiger partial charge is 0.497 e. The van der Waals surface area contributed by atoms with Crippen LogP contribution in [0.25, 0.3) is 11.4 Å². The number of nitrogen functional groups attached to an aromatic ring is 1. The molecule has 3 rings (SSSR count). The van der Waals surface area contributed by atoms with E-state index in [2.05, 4.69) is 16.3 Å². The van der Waals surface area contributed by atoms with E-state index >= 15 is 0 Å². The molecule has 0 saturated carbocycles. The Morgan fingerprint density at radius 3 is 2.44 bits per heavy atom. The van der Waals surface area contributed by atoms with Gasteiger partial charge in [-0.2, -0.15) is 5.26 Å². The van der Waals surface area contributed by atoms with Gasteiger partial charge in [0.15, 0.2) is 5.82 Å². The molecule has 0 spiro atoms. The second-order valence-corrected chi connectivity index (χ2v) is 6.64. The van der Waals surface area contributed by atoms with E-state index < -0.39 is 0 Å². The van der Waals surface area contributed by atoms with E-state index in [1.165, 1.54) is 16.4 Å². The van der Waals surface area contributed by atoms with Gasteiger partial charge in [0, 0.05) is 11.3 Å². The average Bonchev–Trinajstić information content (AvgIpc) is 3.07. The molecular formula is C19H19N5O2S. The summed E-state index contributed by atoms with van der Waals surface area (Å²) < 4.78 is 12.3. The Morgan fingerprint density at radius 1 is 1.07 bits per heavy atom. The molecule has 1 heterocycles. The van der Waals surface area contributed by atoms with Gasteiger partial charge in [-0.1, -0.05) is 23.9 Å². The van der Waals surface area contributed by atoms with Gasteiger partial charge >= 0.3 is 0 Å². The number of benzene rings is 2. The maximum atomic E-state index is 8.68. The van der Waals surface area contributed by atoms with Gasteiger partial charge in [-0.25, -0.2) is 4.68 Å². The van der Waals surface area contributed by atoms with Crippen LogP contribution in [0, 0.1) is 11.3 Å². The van der Waals surface area contributed by atoms with Crippen molar-refractivity contribution in [3.63, 3.8) is 0 Å². The Morgan fingerprint density at radius 2 is 1.78 bits per heavy atom. The summed E-state index contributed by atoms with van der Waals surface area (Å²) in [5.41, 5.74) is 1.84. The molecule has 0 aliphatic rings. The maximum absolute atomic E-state index is 8.68. The summed E-state index contributed by atoms with van der Waals surface area (Å²) in [6, 6.07) is 17.1. The monoisotopic (exact) mass is 381 g/mol. The van der Waals surface area contributed by atoms with E-state index in [1.54, 1.807) is 7.11 Å². The van der Waals surface area contributed by atoms with Crippen molar-refractivity contribution in [3.05, 3.63) is 54.1 Å². The summed E-state index contributed by atoms with van der Waals surface area (Å²) in [6.07, 6.45) is 0.402. The molecule has 2 N–H and O–H groups in total. The fourth-order valence-corrected chi connectivity index (χ4v) is 3.07. The summed E-state index contributed by atoms with van der Waals surface area (Å²) in [6.45, 7) is 0.507. The minimum absolute atomic E-state index is 0.402. The van der Waals surface area contributed by atoms with Crippen LogP contribution in [0.5, 0.6) is 11.5 Å². The molecule has 0 aliphatic heterocycles. The number of hydrogen-bond acceptors (Lipinski definition) is 7. The van der Waals surface area contributed by atoms with Crippen LogP contribution in [0.15, 0.2) is 53.7 Å². The van der Waals surface area contributed by atoms with E-state index in [-0.39, 0.29) is 0 Å². The molecule has 27 heavy (non-hydrogen) atoms. The summed E-state index contributed by atoms with van der Waals surface area (Å²) in [5, 5.41) is 17.6. The van der Waals surface area contributed by atoms with Crippen LogP contribution in [-0.2, 0) is 6.42 Å². The van der Waals surface area contributed by atoms with Gasteiger partial charge in [-0.15, -0.1) is 10.2 Å². The molecule has 3 aromatic rings. The van der Waals surface area contributed by atoms with Gasteiger partial charge in [-0.3, -0.25) is 0 Å². The molecular weight excluding hydrogens is 362 g/mol. The molecule has 0 radical (unpaired) electrons. The number of ether oxygens (including phenoxy) is 2. The van der Waals surface area contributed by atoms with Crippen LogP contribution in [0.3, 0.4) is 0 Å². The molecule has 0 atom stereocenters. The number of nitrogens with two attached hydrogens (primary N) is 1. The zero-order valence-electron chi connectivity index (χ0n) is 14.8. The van der Waals surface area contributed by atoms with Gasteiger partial charge < -0.3 is 15.3 Å². The average molecular weight is 381 g/mol. The standard InChI is InChI=1S/C19H19N5O2S/c1-25-16-8-4-15(5-9-16)18-22-23-19(24(18)21)27-13-12-26-17-6-2-14(3-7-17)10-11-20/h2-9H,10,12-13,21H2,1H3. The van der Waals surface area contributed by atoms with Crippen LogP contribution < -0.4 is 15.3 Å². The zero-order chi connectivity index (χ0) is 19.1. The van der Waals surface area contributed by atoms with Gasteiger partial charge in [-0.05, 0) is 42.0 Å². The SMILES string of the molecule is COc1ccc(-c2nnc(SCCOc3ccc(CC#N)cc3)n2N)cc1. The highest BCUT2D eigenvalue weighted by molar-refractivity contribution is 7.99. The molecule has 138 valence electrons. The molecule has 0 fully saturated rings. The summed E-state index contributed by atoms with van der Waals surface area (Å²) in [7, 11) is 1.62. The molecule has 0 aliphatic carbocycles. The number of methoxy groups -OCH3 is 1. The van der Waals surface area contributed by atoms with Gasteiger partial charge in [0.1, 0.15) is 11.5 Å². The third-order valence-electron chi connectivity index (χ3n) is 3.80. The molecule has 8 heteroatoms. The topological polar surface area (TPSA) is 99.0 Å². The van der Waals surface area contributed by atoms with Crippen LogP contribution in [-0.4, -0.2) is 34.3 Å². The highest BCUT2D eigenvalue weighted by atomic mass is 32.2. The molecule has 0 unspecified atom stereocenters. The second-order valence-electron chi connectivity index (χ2n) is 5.58. The summed E-state index contributed by atoms with van der Waals surface area (Å²) >= 11 is 1.47. The highest BCUT2D eigenvalue weighted by Crippen LogP contribution is 2.23. The smallest absolute Gasteiger partial charge is 0.210 e. The third kappa shape index (κ3) is 4.71. The first-order valence-electron chi connectivity index (χ1n) is 8.27. The van der Waals surface area contributed by atoms with Crippen molar-refractivity contribution in [1.29, 1.82) is 5.26 Å². The lowest BCUT2D eigenvalue weighted by molar-refractivity contribution is 0.343. The van der Waals surface area contributed by atoms with Crippen LogP contribution in [0.4, 0.5) is 0 Å². The Kier molecular flexibility index (Phi) is 6.18. The summed E-state index contributed by atoms with van der Waals surface area (Å²) in [5.74, 6) is 8.93. The fraction of sp³-hybridized carbons (Fsp3) is 0.211. The summed E-state index contributed by atoms with van der Waals surface area (Å²) in [4.78, 5) is 0. The molecule has 0 bridgehead atoms. The fourth-order valence-electron chi connectivity index (χ4n) is 2.40. The number of nitrogens with zero attached hydrogens (tertiary/aromatic N) is 4. The van der Waals surface area contributed by atoms with Gasteiger partial charge in [0.05, 0.1) is 26.2 Å². The Labute approximate surface area is 161 Å². The van der Waals surface area contributed by atoms with Crippen molar-refractivity contribution in [1.82, 2.24) is 14.9 Å². The number of rotatable bonds is 8. The predicted octanol–water partition coefficient (Wildman–Crippen LogP) is 2.90. The number of hydrogen-bond donors (Lipinski definition) is 1. The van der Waals surface area contributed by atoms with Crippen molar-refractivity contribution < 1.29 is 9.47 Å². The molecule has 0 saturated heterocycles. The number of nitriles is 1. The zero-order valence-corrected chi connectivity index (χ0v) is 15.6. The van der Waals surface area contributed by atoms with Crippen molar-refractivity contribution >= 4 is 11.8 Å². The second kappa shape index (κ2) is 8.96. The van der Waals surface area contributed by atoms with Gasteiger partial charge in [0.2, 0.25) is 5.16 Å². The third-order valence-corrected chi connectivity index (χ3v) is 4.71.